The van der Waals surface area contributed by atoms with Gasteiger partial charge in [-0.05, 0) is 69.3 Å². The molecule has 34 heavy (non-hydrogen) atoms. The van der Waals surface area contributed by atoms with Crippen LogP contribution >= 0.6 is 0 Å². The summed E-state index contributed by atoms with van der Waals surface area (Å²) in [6.07, 6.45) is 6.84. The lowest BCUT2D eigenvalue weighted by molar-refractivity contribution is 0.744. The second-order valence-electron chi connectivity index (χ2n) is 9.78. The lowest BCUT2D eigenvalue weighted by Gasteiger charge is -2.35. The summed E-state index contributed by atoms with van der Waals surface area (Å²) < 4.78 is 0. The third-order valence-electron chi connectivity index (χ3n) is 7.49. The van der Waals surface area contributed by atoms with Crippen LogP contribution in [0, 0.1) is 0 Å². The number of benzene rings is 4. The van der Waals surface area contributed by atoms with Gasteiger partial charge in [0.15, 0.2) is 0 Å². The molecule has 4 aromatic rings. The van der Waals surface area contributed by atoms with Crippen LogP contribution in [0.5, 0.6) is 0 Å². The van der Waals surface area contributed by atoms with Gasteiger partial charge in [-0.25, -0.2) is 0 Å². The van der Waals surface area contributed by atoms with Gasteiger partial charge in [-0.2, -0.15) is 0 Å². The molecule has 0 N–H and O–H groups in total. The van der Waals surface area contributed by atoms with E-state index in [1.54, 1.807) is 0 Å². The Labute approximate surface area is 205 Å². The molecule has 0 fully saturated rings. The lowest BCUT2D eigenvalue weighted by atomic mass is 9.66. The topological polar surface area (TPSA) is 0 Å². The van der Waals surface area contributed by atoms with E-state index >= 15 is 0 Å². The van der Waals surface area contributed by atoms with E-state index in [4.69, 9.17) is 0 Å². The molecular weight excluding hydrogens is 408 g/mol. The highest BCUT2D eigenvalue weighted by Crippen LogP contribution is 2.57. The maximum absolute atomic E-state index is 2.49. The van der Waals surface area contributed by atoms with Crippen molar-refractivity contribution < 1.29 is 0 Å². The summed E-state index contributed by atoms with van der Waals surface area (Å²) in [5.41, 5.74) is 12.6. The summed E-state index contributed by atoms with van der Waals surface area (Å²) in [6.45, 7) is 6.84. The summed E-state index contributed by atoms with van der Waals surface area (Å²) in [4.78, 5) is 0. The van der Waals surface area contributed by atoms with E-state index in [9.17, 15) is 0 Å². The van der Waals surface area contributed by atoms with Crippen molar-refractivity contribution in [2.45, 2.75) is 64.7 Å². The molecule has 0 aliphatic heterocycles. The Morgan fingerprint density at radius 2 is 1.03 bits per heavy atom. The average Bonchev–Trinajstić information content (AvgIpc) is 3.15. The predicted octanol–water partition coefficient (Wildman–Crippen LogP) is 8.91. The normalized spacial score (nSPS) is 13.5. The second-order valence-corrected chi connectivity index (χ2v) is 9.78. The quantitative estimate of drug-likeness (QED) is 0.224. The summed E-state index contributed by atoms with van der Waals surface area (Å²) in [7, 11) is 0. The minimum absolute atomic E-state index is 0.285. The second kappa shape index (κ2) is 9.63. The van der Waals surface area contributed by atoms with Crippen LogP contribution in [0.15, 0.2) is 91.0 Å². The van der Waals surface area contributed by atoms with Gasteiger partial charge >= 0.3 is 0 Å². The largest absolute Gasteiger partial charge is 0.0716 e. The minimum Gasteiger partial charge on any atom is -0.0651 e. The first-order chi connectivity index (χ1) is 16.7. The smallest absolute Gasteiger partial charge is 0.0651 e. The van der Waals surface area contributed by atoms with Gasteiger partial charge in [-0.15, -0.1) is 0 Å². The number of aryl methyl sites for hydroxylation is 3. The van der Waals surface area contributed by atoms with E-state index in [2.05, 4.69) is 112 Å². The van der Waals surface area contributed by atoms with Crippen LogP contribution < -0.4 is 0 Å². The molecule has 0 amide bonds. The monoisotopic (exact) mass is 444 g/mol. The van der Waals surface area contributed by atoms with Crippen molar-refractivity contribution >= 4 is 0 Å². The van der Waals surface area contributed by atoms with E-state index in [0.29, 0.717) is 0 Å². The van der Waals surface area contributed by atoms with E-state index < -0.39 is 0 Å². The summed E-state index contributed by atoms with van der Waals surface area (Å²) in [5.74, 6) is 0. The lowest BCUT2D eigenvalue weighted by Crippen LogP contribution is -2.30. The fourth-order valence-electron chi connectivity index (χ4n) is 6.13. The van der Waals surface area contributed by atoms with Gasteiger partial charge in [0.25, 0.3) is 0 Å². The Balaban J connectivity index is 1.90. The summed E-state index contributed by atoms with van der Waals surface area (Å²) in [6, 6.07) is 35.0. The minimum atomic E-state index is -0.285. The summed E-state index contributed by atoms with van der Waals surface area (Å²) in [5, 5.41) is 0. The highest BCUT2D eigenvalue weighted by molar-refractivity contribution is 5.87. The Hall–Kier alpha value is -3.12. The molecule has 4 aromatic carbocycles. The SMILES string of the molecule is CCCc1ccc2c(c1)-c1cc(CCC)ccc1C2(c1ccccc1)c1ccccc1CCC. The molecule has 0 atom stereocenters. The third kappa shape index (κ3) is 3.61. The van der Waals surface area contributed by atoms with Crippen molar-refractivity contribution in [2.75, 3.05) is 0 Å². The standard InChI is InChI=1S/C34H36/c1-4-12-25-19-21-32-29(23-25)30-24-26(13-5-2)20-22-33(30)34(32,28-16-8-7-9-17-28)31-18-11-10-15-27(31)14-6-3/h7-11,15-24H,4-6,12-14H2,1-3H3. The summed E-state index contributed by atoms with van der Waals surface area (Å²) >= 11 is 0. The molecule has 1 aliphatic rings. The maximum Gasteiger partial charge on any atom is 0.0716 e. The molecule has 0 heterocycles. The molecule has 0 unspecified atom stereocenters. The molecule has 1 aliphatic carbocycles. The molecule has 0 aromatic heterocycles. The van der Waals surface area contributed by atoms with Gasteiger partial charge in [0.2, 0.25) is 0 Å². The highest BCUT2D eigenvalue weighted by atomic mass is 14.5. The van der Waals surface area contributed by atoms with Crippen molar-refractivity contribution in [1.29, 1.82) is 0 Å². The van der Waals surface area contributed by atoms with E-state index in [0.717, 1.165) is 25.7 Å². The number of hydrogen-bond donors (Lipinski definition) is 0. The maximum atomic E-state index is 2.49. The van der Waals surface area contributed by atoms with Gasteiger partial charge in [0.05, 0.1) is 5.41 Å². The molecule has 0 spiro atoms. The van der Waals surface area contributed by atoms with Crippen LogP contribution in [0.1, 0.15) is 79.0 Å². The van der Waals surface area contributed by atoms with Crippen LogP contribution in [-0.4, -0.2) is 0 Å². The number of rotatable bonds is 8. The Kier molecular flexibility index (Phi) is 6.42. The average molecular weight is 445 g/mol. The van der Waals surface area contributed by atoms with Gasteiger partial charge in [0.1, 0.15) is 0 Å². The fraction of sp³-hybridized carbons (Fsp3) is 0.294. The Bertz CT molecular complexity index is 1220. The van der Waals surface area contributed by atoms with Crippen molar-refractivity contribution in [1.82, 2.24) is 0 Å². The third-order valence-corrected chi connectivity index (χ3v) is 7.49. The zero-order chi connectivity index (χ0) is 23.5. The van der Waals surface area contributed by atoms with Crippen LogP contribution in [0.4, 0.5) is 0 Å². The zero-order valence-corrected chi connectivity index (χ0v) is 20.9. The first-order valence-corrected chi connectivity index (χ1v) is 13.1. The van der Waals surface area contributed by atoms with Gasteiger partial charge in [-0.1, -0.05) is 131 Å². The number of fused-ring (bicyclic) bond motifs is 3. The van der Waals surface area contributed by atoms with Crippen molar-refractivity contribution in [3.8, 4) is 11.1 Å². The van der Waals surface area contributed by atoms with Crippen molar-refractivity contribution in [3.63, 3.8) is 0 Å². The molecule has 0 radical (unpaired) electrons. The van der Waals surface area contributed by atoms with Crippen molar-refractivity contribution in [2.24, 2.45) is 0 Å². The van der Waals surface area contributed by atoms with Crippen LogP contribution in [0.2, 0.25) is 0 Å². The van der Waals surface area contributed by atoms with E-state index in [1.807, 2.05) is 0 Å². The molecular formula is C34H36. The molecule has 0 nitrogen and oxygen atoms in total. The first kappa shape index (κ1) is 22.7. The molecule has 0 saturated heterocycles. The van der Waals surface area contributed by atoms with Crippen LogP contribution in [0.25, 0.3) is 11.1 Å². The predicted molar refractivity (Wildman–Crippen MR) is 146 cm³/mol. The molecule has 172 valence electrons. The zero-order valence-electron chi connectivity index (χ0n) is 20.9. The highest BCUT2D eigenvalue weighted by Gasteiger charge is 2.47. The van der Waals surface area contributed by atoms with Gasteiger partial charge in [-0.3, -0.25) is 0 Å². The number of hydrogen-bond acceptors (Lipinski definition) is 0. The van der Waals surface area contributed by atoms with Crippen LogP contribution in [-0.2, 0) is 24.7 Å². The van der Waals surface area contributed by atoms with Crippen LogP contribution in [0.3, 0.4) is 0 Å². The molecule has 5 rings (SSSR count). The first-order valence-electron chi connectivity index (χ1n) is 13.1. The van der Waals surface area contributed by atoms with E-state index in [1.165, 1.54) is 62.9 Å². The molecule has 0 bridgehead atoms. The molecule has 0 saturated carbocycles. The van der Waals surface area contributed by atoms with Gasteiger partial charge in [0, 0.05) is 0 Å². The van der Waals surface area contributed by atoms with Gasteiger partial charge < -0.3 is 0 Å². The van der Waals surface area contributed by atoms with Crippen molar-refractivity contribution in [3.05, 3.63) is 130 Å². The van der Waals surface area contributed by atoms with E-state index in [-0.39, 0.29) is 5.41 Å². The molecule has 0 heteroatoms. The Morgan fingerprint density at radius 1 is 0.500 bits per heavy atom. The fourth-order valence-corrected chi connectivity index (χ4v) is 6.13. The Morgan fingerprint density at radius 3 is 1.59 bits per heavy atom.